The lowest BCUT2D eigenvalue weighted by atomic mass is 9.64. The number of hydrogen-bond donors (Lipinski definition) is 1. The van der Waals surface area contributed by atoms with E-state index in [0.29, 0.717) is 0 Å². The van der Waals surface area contributed by atoms with Crippen molar-refractivity contribution < 1.29 is 23.5 Å². The third-order valence-electron chi connectivity index (χ3n) is 6.48. The smallest absolute Gasteiger partial charge is 0.407 e. The van der Waals surface area contributed by atoms with Crippen molar-refractivity contribution in [2.45, 2.75) is 91.6 Å². The van der Waals surface area contributed by atoms with Crippen LogP contribution in [-0.4, -0.2) is 39.9 Å². The fraction of sp³-hybridized carbons (Fsp3) is 0.704. The van der Waals surface area contributed by atoms with Gasteiger partial charge < -0.3 is 19.2 Å². The summed E-state index contributed by atoms with van der Waals surface area (Å²) in [5.74, 6) is -0.325. The molecule has 7 heteroatoms. The highest BCUT2D eigenvalue weighted by molar-refractivity contribution is 6.48. The maximum atomic E-state index is 13.1. The van der Waals surface area contributed by atoms with Crippen LogP contribution in [0.5, 0.6) is 0 Å². The van der Waals surface area contributed by atoms with Gasteiger partial charge in [0.05, 0.1) is 25.2 Å². The van der Waals surface area contributed by atoms with Gasteiger partial charge >= 0.3 is 12.1 Å². The molecule has 0 saturated heterocycles. The molecule has 1 aromatic carbocycles. The molecule has 1 N–H and O–H groups in total. The van der Waals surface area contributed by atoms with Crippen LogP contribution >= 0.6 is 0 Å². The van der Waals surface area contributed by atoms with Gasteiger partial charge in [0, 0.05) is 0 Å². The molecule has 2 rings (SSSR count). The molecule has 1 aliphatic carbocycles. The maximum Gasteiger partial charge on any atom is 0.407 e. The van der Waals surface area contributed by atoms with Crippen LogP contribution in [0.3, 0.4) is 0 Å². The van der Waals surface area contributed by atoms with Crippen LogP contribution in [0.25, 0.3) is 0 Å². The first-order valence-electron chi connectivity index (χ1n) is 12.5. The van der Waals surface area contributed by atoms with Crippen molar-refractivity contribution in [1.82, 2.24) is 5.32 Å². The van der Waals surface area contributed by atoms with E-state index in [1.54, 1.807) is 0 Å². The lowest BCUT2D eigenvalue weighted by Crippen LogP contribution is -2.54. The third kappa shape index (κ3) is 7.84. The van der Waals surface area contributed by atoms with Gasteiger partial charge in [-0.15, -0.1) is 0 Å². The molecule has 1 saturated carbocycles. The molecule has 0 aliphatic heterocycles. The first-order valence-corrected chi connectivity index (χ1v) is 15.3. The Hall–Kier alpha value is -1.86. The minimum Gasteiger partial charge on any atom is -0.469 e. The van der Waals surface area contributed by atoms with Crippen molar-refractivity contribution in [3.05, 3.63) is 35.9 Å². The Labute approximate surface area is 207 Å². The molecule has 1 amide bonds. The minimum absolute atomic E-state index is 0.0374. The van der Waals surface area contributed by atoms with Gasteiger partial charge in [0.2, 0.25) is 0 Å². The predicted octanol–water partition coefficient (Wildman–Crippen LogP) is 5.87. The fourth-order valence-electron chi connectivity index (χ4n) is 5.41. The van der Waals surface area contributed by atoms with Gasteiger partial charge in [-0.3, -0.25) is 4.79 Å². The second-order valence-corrected chi connectivity index (χ2v) is 14.2. The highest BCUT2D eigenvalue weighted by Gasteiger charge is 2.49. The standard InChI is InChI=1S/C27H45NO5Si/c1-26(2,3)21(19-16-13-17-20(19)24(29)31-7)22(28-25(30)32-27(4,5)6)23(33-34(8)9)18-14-11-10-12-15-18/h10-12,14-15,19-23,34H,13,16-17H2,1-9H3,(H,28,30). The number of esters is 1. The van der Waals surface area contributed by atoms with E-state index in [1.165, 1.54) is 7.11 Å². The molecule has 0 spiro atoms. The van der Waals surface area contributed by atoms with E-state index in [4.69, 9.17) is 13.9 Å². The van der Waals surface area contributed by atoms with Gasteiger partial charge in [0.15, 0.2) is 9.04 Å². The molecule has 6 nitrogen and oxygen atoms in total. The number of methoxy groups -OCH3 is 1. The van der Waals surface area contributed by atoms with Gasteiger partial charge in [0.1, 0.15) is 5.60 Å². The monoisotopic (exact) mass is 491 g/mol. The number of carbonyl (C=O) groups excluding carboxylic acids is 2. The number of nitrogens with one attached hydrogen (secondary N) is 1. The van der Waals surface area contributed by atoms with Crippen LogP contribution in [0.2, 0.25) is 13.1 Å². The Morgan fingerprint density at radius 3 is 2.15 bits per heavy atom. The van der Waals surface area contributed by atoms with E-state index in [-0.39, 0.29) is 41.3 Å². The summed E-state index contributed by atoms with van der Waals surface area (Å²) in [6.07, 6.45) is 1.87. The van der Waals surface area contributed by atoms with Crippen LogP contribution in [0.15, 0.2) is 30.3 Å². The van der Waals surface area contributed by atoms with E-state index in [2.05, 4.69) is 51.3 Å². The highest BCUT2D eigenvalue weighted by Crippen LogP contribution is 2.49. The SMILES string of the molecule is COC(=O)C1CCCC1C(C(NC(=O)OC(C)(C)C)C(O[SiH](C)C)c1ccccc1)C(C)(C)C. The Kier molecular flexibility index (Phi) is 9.77. The van der Waals surface area contributed by atoms with Gasteiger partial charge in [-0.1, -0.05) is 57.5 Å². The van der Waals surface area contributed by atoms with Crippen molar-refractivity contribution in [2.75, 3.05) is 7.11 Å². The first-order chi connectivity index (χ1) is 15.7. The zero-order valence-electron chi connectivity index (χ0n) is 22.5. The molecule has 192 valence electrons. The molecule has 34 heavy (non-hydrogen) atoms. The molecule has 1 aliphatic rings. The molecular weight excluding hydrogens is 446 g/mol. The molecule has 0 radical (unpaired) electrons. The Balaban J connectivity index is 2.61. The Morgan fingerprint density at radius 2 is 1.65 bits per heavy atom. The van der Waals surface area contributed by atoms with E-state index in [9.17, 15) is 9.59 Å². The summed E-state index contributed by atoms with van der Waals surface area (Å²) >= 11 is 0. The lowest BCUT2D eigenvalue weighted by Gasteiger charge is -2.46. The summed E-state index contributed by atoms with van der Waals surface area (Å²) in [5, 5.41) is 3.22. The minimum atomic E-state index is -1.50. The summed E-state index contributed by atoms with van der Waals surface area (Å²) in [5.41, 5.74) is 0.186. The summed E-state index contributed by atoms with van der Waals surface area (Å²) in [6.45, 7) is 16.4. The second-order valence-electron chi connectivity index (χ2n) is 11.8. The largest absolute Gasteiger partial charge is 0.469 e. The number of carbonyl (C=O) groups is 2. The van der Waals surface area contributed by atoms with Crippen molar-refractivity contribution >= 4 is 21.1 Å². The Bertz CT molecular complexity index is 799. The van der Waals surface area contributed by atoms with Gasteiger partial charge in [-0.05, 0) is 69.5 Å². The van der Waals surface area contributed by atoms with Crippen molar-refractivity contribution in [1.29, 1.82) is 0 Å². The number of hydrogen-bond acceptors (Lipinski definition) is 5. The van der Waals surface area contributed by atoms with Crippen LogP contribution < -0.4 is 5.32 Å². The summed E-state index contributed by atoms with van der Waals surface area (Å²) in [6, 6.07) is 9.71. The quantitative estimate of drug-likeness (QED) is 0.363. The lowest BCUT2D eigenvalue weighted by molar-refractivity contribution is -0.148. The average molecular weight is 492 g/mol. The zero-order chi connectivity index (χ0) is 25.7. The molecule has 1 aromatic rings. The normalized spacial score (nSPS) is 21.6. The summed E-state index contributed by atoms with van der Waals surface area (Å²) in [4.78, 5) is 25.9. The number of amides is 1. The number of benzene rings is 1. The average Bonchev–Trinajstić information content (AvgIpc) is 3.18. The summed E-state index contributed by atoms with van der Waals surface area (Å²) in [7, 11) is -0.0373. The van der Waals surface area contributed by atoms with E-state index >= 15 is 0 Å². The Morgan fingerprint density at radius 1 is 1.03 bits per heavy atom. The topological polar surface area (TPSA) is 73.9 Å². The molecule has 0 bridgehead atoms. The van der Waals surface area contributed by atoms with Crippen LogP contribution in [0, 0.1) is 23.2 Å². The second kappa shape index (κ2) is 11.7. The molecule has 5 unspecified atom stereocenters. The van der Waals surface area contributed by atoms with Gasteiger partial charge in [0.25, 0.3) is 0 Å². The van der Waals surface area contributed by atoms with Crippen LogP contribution in [0.4, 0.5) is 4.79 Å². The van der Waals surface area contributed by atoms with Crippen molar-refractivity contribution in [3.63, 3.8) is 0 Å². The predicted molar refractivity (Wildman–Crippen MR) is 138 cm³/mol. The van der Waals surface area contributed by atoms with Crippen LogP contribution in [-0.2, 0) is 18.7 Å². The molecule has 5 atom stereocenters. The number of rotatable bonds is 8. The first kappa shape index (κ1) is 28.4. The zero-order valence-corrected chi connectivity index (χ0v) is 23.7. The molecular formula is C27H45NO5Si. The maximum absolute atomic E-state index is 13.1. The molecule has 0 aromatic heterocycles. The molecule has 1 fully saturated rings. The van der Waals surface area contributed by atoms with Gasteiger partial charge in [-0.25, -0.2) is 4.79 Å². The summed E-state index contributed by atoms with van der Waals surface area (Å²) < 4.78 is 17.5. The van der Waals surface area contributed by atoms with Crippen LogP contribution in [0.1, 0.15) is 72.5 Å². The molecule has 0 heterocycles. The van der Waals surface area contributed by atoms with E-state index in [1.807, 2.05) is 39.0 Å². The van der Waals surface area contributed by atoms with Crippen molar-refractivity contribution in [2.24, 2.45) is 23.2 Å². The fourth-order valence-corrected chi connectivity index (χ4v) is 6.33. The third-order valence-corrected chi connectivity index (χ3v) is 7.32. The number of ether oxygens (including phenoxy) is 2. The van der Waals surface area contributed by atoms with E-state index in [0.717, 1.165) is 24.8 Å². The van der Waals surface area contributed by atoms with Crippen molar-refractivity contribution in [3.8, 4) is 0 Å². The number of alkyl carbamates (subject to hydrolysis) is 1. The highest BCUT2D eigenvalue weighted by atomic mass is 28.3. The van der Waals surface area contributed by atoms with Gasteiger partial charge in [-0.2, -0.15) is 0 Å². The van der Waals surface area contributed by atoms with E-state index < -0.39 is 20.7 Å².